The first kappa shape index (κ1) is 22.2. The van der Waals surface area contributed by atoms with Crippen LogP contribution in [0.4, 0.5) is 26.3 Å². The Labute approximate surface area is 166 Å². The third-order valence-corrected chi connectivity index (χ3v) is 5.22. The number of nitrogens with zero attached hydrogens (tertiary/aromatic N) is 1. The number of carboxylic acids is 1. The second kappa shape index (κ2) is 7.74. The Morgan fingerprint density at radius 1 is 1.21 bits per heavy atom. The number of halogens is 7. The van der Waals surface area contributed by atoms with Crippen LogP contribution in [0.1, 0.15) is 16.0 Å². The summed E-state index contributed by atoms with van der Waals surface area (Å²) in [5, 5.41) is 8.86. The predicted molar refractivity (Wildman–Crippen MR) is 94.3 cm³/mol. The van der Waals surface area contributed by atoms with Gasteiger partial charge in [0, 0.05) is 10.9 Å². The minimum absolute atomic E-state index is 0.0523. The molecule has 2 heterocycles. The molecule has 2 aromatic rings. The minimum Gasteiger partial charge on any atom is -0.475 e. The van der Waals surface area contributed by atoms with Crippen molar-refractivity contribution in [2.75, 3.05) is 0 Å². The third kappa shape index (κ3) is 4.49. The van der Waals surface area contributed by atoms with Gasteiger partial charge in [0.1, 0.15) is 5.84 Å². The van der Waals surface area contributed by atoms with E-state index in [9.17, 15) is 26.3 Å². The normalized spacial score (nSPS) is 19.2. The summed E-state index contributed by atoms with van der Waals surface area (Å²) in [6.07, 6.45) is -9.84. The zero-order chi connectivity index (χ0) is 21.3. The van der Waals surface area contributed by atoms with Gasteiger partial charge in [0.15, 0.2) is 5.54 Å². The Morgan fingerprint density at radius 2 is 1.82 bits per heavy atom. The molecule has 0 amide bonds. The zero-order valence-electron chi connectivity index (χ0n) is 13.6. The third-order valence-electron chi connectivity index (χ3n) is 3.75. The highest BCUT2D eigenvalue weighted by molar-refractivity contribution is 9.10. The number of rotatable bonds is 1. The van der Waals surface area contributed by atoms with Crippen LogP contribution in [0.3, 0.4) is 0 Å². The van der Waals surface area contributed by atoms with Crippen LogP contribution in [0.5, 0.6) is 0 Å². The molecular formula is C16H11BrF6N2O2S. The minimum atomic E-state index is -5.08. The molecule has 1 aliphatic heterocycles. The van der Waals surface area contributed by atoms with Crippen LogP contribution < -0.4 is 5.73 Å². The number of carbonyl (C=O) groups is 1. The van der Waals surface area contributed by atoms with Crippen molar-refractivity contribution >= 4 is 39.1 Å². The fourth-order valence-corrected chi connectivity index (χ4v) is 3.74. The van der Waals surface area contributed by atoms with Crippen LogP contribution >= 0.6 is 27.3 Å². The summed E-state index contributed by atoms with van der Waals surface area (Å²) in [5.41, 5.74) is 4.14. The molecule has 1 unspecified atom stereocenters. The van der Waals surface area contributed by atoms with Crippen molar-refractivity contribution in [3.8, 4) is 0 Å². The molecule has 28 heavy (non-hydrogen) atoms. The lowest BCUT2D eigenvalue weighted by atomic mass is 9.82. The lowest BCUT2D eigenvalue weighted by Gasteiger charge is -2.35. The monoisotopic (exact) mass is 488 g/mol. The van der Waals surface area contributed by atoms with E-state index in [1.807, 2.05) is 0 Å². The first-order chi connectivity index (χ1) is 12.8. The maximum atomic E-state index is 13.8. The summed E-state index contributed by atoms with van der Waals surface area (Å²) in [7, 11) is 0. The van der Waals surface area contributed by atoms with E-state index in [2.05, 4.69) is 20.9 Å². The molecule has 3 rings (SSSR count). The van der Waals surface area contributed by atoms with Gasteiger partial charge in [-0.25, -0.2) is 9.79 Å². The molecule has 4 nitrogen and oxygen atoms in total. The maximum Gasteiger partial charge on any atom is 0.490 e. The summed E-state index contributed by atoms with van der Waals surface area (Å²) in [6, 6.07) is 7.81. The quantitative estimate of drug-likeness (QED) is 0.562. The van der Waals surface area contributed by atoms with Gasteiger partial charge >= 0.3 is 18.3 Å². The van der Waals surface area contributed by atoms with Crippen molar-refractivity contribution in [2.24, 2.45) is 10.7 Å². The Kier molecular flexibility index (Phi) is 6.14. The van der Waals surface area contributed by atoms with E-state index in [1.54, 1.807) is 23.6 Å². The Morgan fingerprint density at radius 3 is 2.32 bits per heavy atom. The van der Waals surface area contributed by atoms with E-state index < -0.39 is 23.9 Å². The predicted octanol–water partition coefficient (Wildman–Crippen LogP) is 4.86. The summed E-state index contributed by atoms with van der Waals surface area (Å²) >= 11 is 4.52. The number of fused-ring (bicyclic) bond motifs is 1. The highest BCUT2D eigenvalue weighted by Gasteiger charge is 2.58. The second-order valence-electron chi connectivity index (χ2n) is 5.62. The SMILES string of the molecule is NC1=NC(c2cccc(Br)c2)(C(F)(F)F)Cc2ccsc21.O=C(O)C(F)(F)F. The largest absolute Gasteiger partial charge is 0.490 e. The van der Waals surface area contributed by atoms with E-state index in [0.717, 1.165) is 0 Å². The molecule has 1 aromatic carbocycles. The molecule has 0 saturated heterocycles. The molecule has 12 heteroatoms. The Balaban J connectivity index is 0.000000345. The molecule has 1 aliphatic rings. The van der Waals surface area contributed by atoms with Gasteiger partial charge in [0.25, 0.3) is 0 Å². The number of aliphatic imine (C=N–C) groups is 1. The number of benzene rings is 1. The zero-order valence-corrected chi connectivity index (χ0v) is 16.0. The number of hydrogen-bond donors (Lipinski definition) is 2. The number of amidine groups is 1. The first-order valence-corrected chi connectivity index (χ1v) is 9.00. The van der Waals surface area contributed by atoms with E-state index >= 15 is 0 Å². The number of aliphatic carboxylic acids is 1. The number of carboxylic acid groups (broad SMARTS) is 1. The number of alkyl halides is 6. The molecule has 1 atom stereocenters. The van der Waals surface area contributed by atoms with Gasteiger partial charge in [-0.3, -0.25) is 0 Å². The summed E-state index contributed by atoms with van der Waals surface area (Å²) in [5.74, 6) is -2.81. The smallest absolute Gasteiger partial charge is 0.475 e. The fourth-order valence-electron chi connectivity index (χ4n) is 2.51. The molecule has 0 aliphatic carbocycles. The number of nitrogens with two attached hydrogens (primary N) is 1. The van der Waals surface area contributed by atoms with E-state index in [4.69, 9.17) is 15.6 Å². The van der Waals surface area contributed by atoms with Crippen LogP contribution in [0.2, 0.25) is 0 Å². The van der Waals surface area contributed by atoms with Crippen molar-refractivity contribution in [2.45, 2.75) is 24.3 Å². The van der Waals surface area contributed by atoms with Gasteiger partial charge in [-0.1, -0.05) is 28.1 Å². The summed E-state index contributed by atoms with van der Waals surface area (Å²) < 4.78 is 73.8. The van der Waals surface area contributed by atoms with Crippen LogP contribution in [0.25, 0.3) is 0 Å². The molecule has 1 aromatic heterocycles. The standard InChI is InChI=1S/C14H10BrF3N2S.C2HF3O2/c15-10-3-1-2-9(6-10)13(14(16,17)18)7-8-4-5-21-11(8)12(19)20-13;3-2(4,5)1(6)7/h1-6H,7H2,(H2,19,20);(H,6,7). The van der Waals surface area contributed by atoms with Gasteiger partial charge in [-0.15, -0.1) is 11.3 Å². The molecule has 3 N–H and O–H groups in total. The molecular weight excluding hydrogens is 478 g/mol. The van der Waals surface area contributed by atoms with Crippen molar-refractivity contribution in [3.63, 3.8) is 0 Å². The van der Waals surface area contributed by atoms with E-state index in [-0.39, 0.29) is 17.8 Å². The van der Waals surface area contributed by atoms with Crippen LogP contribution in [-0.4, -0.2) is 29.3 Å². The Bertz CT molecular complexity index is 909. The maximum absolute atomic E-state index is 13.8. The number of hydrogen-bond acceptors (Lipinski definition) is 4. The first-order valence-electron chi connectivity index (χ1n) is 7.33. The second-order valence-corrected chi connectivity index (χ2v) is 7.45. The van der Waals surface area contributed by atoms with Crippen molar-refractivity contribution in [1.29, 1.82) is 0 Å². The summed E-state index contributed by atoms with van der Waals surface area (Å²) in [4.78, 5) is 13.4. The lowest BCUT2D eigenvalue weighted by molar-refractivity contribution is -0.192. The average Bonchev–Trinajstić information content (AvgIpc) is 3.02. The van der Waals surface area contributed by atoms with E-state index in [0.29, 0.717) is 14.9 Å². The Hall–Kier alpha value is -2.08. The van der Waals surface area contributed by atoms with Gasteiger partial charge < -0.3 is 10.8 Å². The van der Waals surface area contributed by atoms with Crippen molar-refractivity contribution in [3.05, 3.63) is 56.2 Å². The van der Waals surface area contributed by atoms with Gasteiger partial charge in [-0.05, 0) is 34.7 Å². The fraction of sp³-hybridized carbons (Fsp3) is 0.250. The molecule has 0 radical (unpaired) electrons. The molecule has 0 bridgehead atoms. The highest BCUT2D eigenvalue weighted by Crippen LogP contribution is 2.48. The van der Waals surface area contributed by atoms with Crippen LogP contribution in [0, 0.1) is 0 Å². The van der Waals surface area contributed by atoms with Crippen LogP contribution in [-0.2, 0) is 16.8 Å². The highest BCUT2D eigenvalue weighted by atomic mass is 79.9. The van der Waals surface area contributed by atoms with Crippen molar-refractivity contribution < 1.29 is 36.2 Å². The van der Waals surface area contributed by atoms with Gasteiger partial charge in [-0.2, -0.15) is 26.3 Å². The van der Waals surface area contributed by atoms with Crippen LogP contribution in [0.15, 0.2) is 45.2 Å². The lowest BCUT2D eigenvalue weighted by Crippen LogP contribution is -2.46. The molecule has 0 saturated carbocycles. The summed E-state index contributed by atoms with van der Waals surface area (Å²) in [6.45, 7) is 0. The average molecular weight is 489 g/mol. The molecule has 152 valence electrons. The molecule has 0 spiro atoms. The van der Waals surface area contributed by atoms with Crippen molar-refractivity contribution in [1.82, 2.24) is 0 Å². The topological polar surface area (TPSA) is 75.7 Å². The molecule has 0 fully saturated rings. The van der Waals surface area contributed by atoms with E-state index in [1.165, 1.54) is 23.5 Å². The van der Waals surface area contributed by atoms with Gasteiger partial charge in [0.2, 0.25) is 0 Å². The van der Waals surface area contributed by atoms with Gasteiger partial charge in [0.05, 0.1) is 4.88 Å². The number of thiophene rings is 1.